The zero-order valence-corrected chi connectivity index (χ0v) is 10.7. The summed E-state index contributed by atoms with van der Waals surface area (Å²) in [6.07, 6.45) is 0.815. The van der Waals surface area contributed by atoms with Crippen LogP contribution in [-0.4, -0.2) is 17.6 Å². The van der Waals surface area contributed by atoms with E-state index in [1.54, 1.807) is 0 Å². The predicted molar refractivity (Wildman–Crippen MR) is 76.8 cm³/mol. The molecular formula is C16H17NO2. The Morgan fingerprint density at radius 1 is 0.895 bits per heavy atom. The highest BCUT2D eigenvalue weighted by molar-refractivity contribution is 5.67. The average Bonchev–Trinajstić information content (AvgIpc) is 2.45. The molecule has 98 valence electrons. The van der Waals surface area contributed by atoms with E-state index in [0.29, 0.717) is 13.0 Å². The lowest BCUT2D eigenvalue weighted by Crippen LogP contribution is -2.19. The average molecular weight is 255 g/mol. The van der Waals surface area contributed by atoms with Crippen molar-refractivity contribution in [1.82, 2.24) is 0 Å². The minimum atomic E-state index is -0.749. The normalized spacial score (nSPS) is 10.1. The highest BCUT2D eigenvalue weighted by Crippen LogP contribution is 2.25. The maximum Gasteiger partial charge on any atom is 0.303 e. The molecule has 0 aromatic heterocycles. The van der Waals surface area contributed by atoms with Crippen LogP contribution in [0.4, 0.5) is 11.4 Å². The predicted octanol–water partition coefficient (Wildman–Crippen LogP) is 3.69. The van der Waals surface area contributed by atoms with Crippen LogP contribution in [0.2, 0.25) is 0 Å². The van der Waals surface area contributed by atoms with E-state index in [-0.39, 0.29) is 6.42 Å². The largest absolute Gasteiger partial charge is 0.481 e. The molecule has 0 aliphatic rings. The van der Waals surface area contributed by atoms with Crippen LogP contribution in [0.15, 0.2) is 60.7 Å². The van der Waals surface area contributed by atoms with Crippen LogP contribution >= 0.6 is 0 Å². The molecule has 0 spiro atoms. The Balaban J connectivity index is 2.17. The van der Waals surface area contributed by atoms with Crippen LogP contribution in [0.25, 0.3) is 0 Å². The molecule has 0 amide bonds. The van der Waals surface area contributed by atoms with Crippen LogP contribution in [0.1, 0.15) is 12.8 Å². The number of aliphatic carboxylic acids is 1. The maximum atomic E-state index is 10.6. The number of nitrogens with zero attached hydrogens (tertiary/aromatic N) is 1. The van der Waals surface area contributed by atoms with Crippen molar-refractivity contribution >= 4 is 17.3 Å². The third-order valence-corrected chi connectivity index (χ3v) is 2.91. The smallest absolute Gasteiger partial charge is 0.303 e. The number of rotatable bonds is 6. The molecule has 0 radical (unpaired) electrons. The minimum Gasteiger partial charge on any atom is -0.481 e. The van der Waals surface area contributed by atoms with Gasteiger partial charge >= 0.3 is 5.97 Å². The fourth-order valence-electron chi connectivity index (χ4n) is 2.01. The molecule has 0 heterocycles. The van der Waals surface area contributed by atoms with Crippen molar-refractivity contribution in [3.8, 4) is 0 Å². The lowest BCUT2D eigenvalue weighted by atomic mass is 10.2. The third kappa shape index (κ3) is 3.85. The molecule has 0 atom stereocenters. The Morgan fingerprint density at radius 2 is 1.37 bits per heavy atom. The fourth-order valence-corrected chi connectivity index (χ4v) is 2.01. The number of para-hydroxylation sites is 2. The Bertz CT molecular complexity index is 471. The number of carbonyl (C=O) groups is 1. The van der Waals surface area contributed by atoms with Crippen molar-refractivity contribution in [1.29, 1.82) is 0 Å². The van der Waals surface area contributed by atoms with E-state index < -0.39 is 5.97 Å². The highest BCUT2D eigenvalue weighted by Gasteiger charge is 2.09. The number of carboxylic acids is 1. The second-order valence-corrected chi connectivity index (χ2v) is 4.32. The van der Waals surface area contributed by atoms with Gasteiger partial charge in [0.1, 0.15) is 0 Å². The minimum absolute atomic E-state index is 0.191. The Labute approximate surface area is 113 Å². The van der Waals surface area contributed by atoms with Gasteiger partial charge in [-0.25, -0.2) is 0 Å². The van der Waals surface area contributed by atoms with Crippen LogP contribution < -0.4 is 4.90 Å². The Kier molecular flexibility index (Phi) is 4.56. The molecule has 2 aromatic rings. The lowest BCUT2D eigenvalue weighted by Gasteiger charge is -2.24. The summed E-state index contributed by atoms with van der Waals surface area (Å²) in [6.45, 7) is 0.695. The van der Waals surface area contributed by atoms with Crippen molar-refractivity contribution in [2.75, 3.05) is 11.4 Å². The molecule has 1 N–H and O–H groups in total. The Hall–Kier alpha value is -2.29. The number of hydrogen-bond acceptors (Lipinski definition) is 2. The number of hydrogen-bond donors (Lipinski definition) is 1. The SMILES string of the molecule is O=C(O)CCCN(c1ccccc1)c1ccccc1. The second kappa shape index (κ2) is 6.59. The van der Waals surface area contributed by atoms with Crippen LogP contribution in [0.3, 0.4) is 0 Å². The molecule has 0 bridgehead atoms. The number of benzene rings is 2. The van der Waals surface area contributed by atoms with E-state index in [9.17, 15) is 4.79 Å². The van der Waals surface area contributed by atoms with Crippen LogP contribution in [-0.2, 0) is 4.79 Å². The van der Waals surface area contributed by atoms with E-state index >= 15 is 0 Å². The molecule has 0 aliphatic carbocycles. The summed E-state index contributed by atoms with van der Waals surface area (Å²) < 4.78 is 0. The molecule has 19 heavy (non-hydrogen) atoms. The summed E-state index contributed by atoms with van der Waals surface area (Å²) in [5.74, 6) is -0.749. The molecule has 2 aromatic carbocycles. The molecule has 0 unspecified atom stereocenters. The summed E-state index contributed by atoms with van der Waals surface area (Å²) in [7, 11) is 0. The quantitative estimate of drug-likeness (QED) is 0.855. The first kappa shape index (κ1) is 13.1. The van der Waals surface area contributed by atoms with Crippen molar-refractivity contribution in [3.05, 3.63) is 60.7 Å². The summed E-state index contributed by atoms with van der Waals surface area (Å²) >= 11 is 0. The van der Waals surface area contributed by atoms with Gasteiger partial charge in [0.2, 0.25) is 0 Å². The molecule has 2 rings (SSSR count). The summed E-state index contributed by atoms with van der Waals surface area (Å²) in [6, 6.07) is 20.0. The molecule has 3 nitrogen and oxygen atoms in total. The van der Waals surface area contributed by atoms with Gasteiger partial charge in [-0.2, -0.15) is 0 Å². The molecule has 0 fully saturated rings. The van der Waals surface area contributed by atoms with Crippen LogP contribution in [0.5, 0.6) is 0 Å². The molecule has 3 heteroatoms. The first-order chi connectivity index (χ1) is 9.27. The third-order valence-electron chi connectivity index (χ3n) is 2.91. The van der Waals surface area contributed by atoms with E-state index in [4.69, 9.17) is 5.11 Å². The standard InChI is InChI=1S/C16H17NO2/c18-16(19)12-7-13-17(14-8-3-1-4-9-14)15-10-5-2-6-11-15/h1-6,8-11H,7,12-13H2,(H,18,19). The van der Waals surface area contributed by atoms with E-state index in [2.05, 4.69) is 4.90 Å². The van der Waals surface area contributed by atoms with Gasteiger partial charge < -0.3 is 10.0 Å². The molecule has 0 aliphatic heterocycles. The van der Waals surface area contributed by atoms with Gasteiger partial charge in [0.05, 0.1) is 0 Å². The van der Waals surface area contributed by atoms with Gasteiger partial charge in [0.25, 0.3) is 0 Å². The highest BCUT2D eigenvalue weighted by atomic mass is 16.4. The number of carboxylic acid groups (broad SMARTS) is 1. The Morgan fingerprint density at radius 3 is 1.79 bits per heavy atom. The maximum absolute atomic E-state index is 10.6. The zero-order valence-electron chi connectivity index (χ0n) is 10.7. The summed E-state index contributed by atoms with van der Waals surface area (Å²) in [4.78, 5) is 12.8. The first-order valence-corrected chi connectivity index (χ1v) is 6.37. The second-order valence-electron chi connectivity index (χ2n) is 4.32. The fraction of sp³-hybridized carbons (Fsp3) is 0.188. The van der Waals surface area contributed by atoms with Gasteiger partial charge in [-0.3, -0.25) is 4.79 Å². The summed E-state index contributed by atoms with van der Waals surface area (Å²) in [5, 5.41) is 8.75. The van der Waals surface area contributed by atoms with Gasteiger partial charge in [-0.1, -0.05) is 36.4 Å². The van der Waals surface area contributed by atoms with Crippen molar-refractivity contribution in [2.45, 2.75) is 12.8 Å². The summed E-state index contributed by atoms with van der Waals surface area (Å²) in [5.41, 5.74) is 2.16. The first-order valence-electron chi connectivity index (χ1n) is 6.37. The van der Waals surface area contributed by atoms with E-state index in [1.165, 1.54) is 0 Å². The van der Waals surface area contributed by atoms with E-state index in [0.717, 1.165) is 11.4 Å². The number of anilines is 2. The topological polar surface area (TPSA) is 40.5 Å². The van der Waals surface area contributed by atoms with Crippen molar-refractivity contribution < 1.29 is 9.90 Å². The van der Waals surface area contributed by atoms with Crippen molar-refractivity contribution in [3.63, 3.8) is 0 Å². The van der Waals surface area contributed by atoms with Crippen LogP contribution in [0, 0.1) is 0 Å². The lowest BCUT2D eigenvalue weighted by molar-refractivity contribution is -0.137. The van der Waals surface area contributed by atoms with Gasteiger partial charge in [-0.15, -0.1) is 0 Å². The van der Waals surface area contributed by atoms with Gasteiger partial charge in [0, 0.05) is 24.3 Å². The zero-order chi connectivity index (χ0) is 13.5. The molecular weight excluding hydrogens is 238 g/mol. The van der Waals surface area contributed by atoms with Crippen molar-refractivity contribution in [2.24, 2.45) is 0 Å². The van der Waals surface area contributed by atoms with E-state index in [1.807, 2.05) is 60.7 Å². The monoisotopic (exact) mass is 255 g/mol. The van der Waals surface area contributed by atoms with Gasteiger partial charge in [0.15, 0.2) is 0 Å². The molecule has 0 saturated carbocycles. The molecule has 0 saturated heterocycles. The van der Waals surface area contributed by atoms with Gasteiger partial charge in [-0.05, 0) is 30.7 Å².